The van der Waals surface area contributed by atoms with Crippen LogP contribution in [0.5, 0.6) is 0 Å². The van der Waals surface area contributed by atoms with E-state index in [0.29, 0.717) is 12.2 Å². The largest absolute Gasteiger partial charge is 0.350 e. The highest BCUT2D eigenvalue weighted by Crippen LogP contribution is 2.24. The molecule has 3 rings (SSSR count). The minimum atomic E-state index is -3.64. The number of nitrogens with one attached hydrogen (secondary N) is 1. The van der Waals surface area contributed by atoms with Crippen molar-refractivity contribution in [2.24, 2.45) is 0 Å². The Morgan fingerprint density at radius 1 is 1.06 bits per heavy atom. The normalized spacial score (nSPS) is 15.6. The summed E-state index contributed by atoms with van der Waals surface area (Å²) in [6, 6.07) is 12.8. The van der Waals surface area contributed by atoms with Gasteiger partial charge in [0.05, 0.1) is 11.9 Å². The van der Waals surface area contributed by atoms with Gasteiger partial charge in [0.2, 0.25) is 15.9 Å². The Morgan fingerprint density at radius 2 is 1.65 bits per heavy atom. The van der Waals surface area contributed by atoms with Crippen LogP contribution in [0, 0.1) is 13.8 Å². The fraction of sp³-hybridized carbons (Fsp3) is 0.458. The minimum Gasteiger partial charge on any atom is -0.350 e. The molecule has 2 aromatic rings. The lowest BCUT2D eigenvalue weighted by Gasteiger charge is -2.29. The molecule has 1 N–H and O–H groups in total. The molecular weight excluding hydrogens is 410 g/mol. The zero-order valence-corrected chi connectivity index (χ0v) is 19.7. The van der Waals surface area contributed by atoms with Gasteiger partial charge < -0.3 is 5.32 Å². The molecule has 2 aromatic carbocycles. The van der Waals surface area contributed by atoms with Crippen molar-refractivity contribution in [1.29, 1.82) is 0 Å². The standard InChI is InChI=1S/C24H33N3O3S/c1-18-13-19(2)15-23(14-18)27(31(4,29)30)20(3)24(28)25-16-21-9-5-6-10-22(21)17-26-11-7-8-12-26/h5-6,9-10,13-15,20H,7-8,11-12,16-17H2,1-4H3,(H,25,28)/t20-/m1/s1. The zero-order chi connectivity index (χ0) is 22.6. The second-order valence-electron chi connectivity index (χ2n) is 8.55. The molecule has 31 heavy (non-hydrogen) atoms. The average molecular weight is 444 g/mol. The van der Waals surface area contributed by atoms with E-state index in [1.807, 2.05) is 38.1 Å². The first-order valence-electron chi connectivity index (χ1n) is 10.8. The van der Waals surface area contributed by atoms with E-state index in [9.17, 15) is 13.2 Å². The molecule has 168 valence electrons. The first kappa shape index (κ1) is 23.3. The Morgan fingerprint density at radius 3 is 2.23 bits per heavy atom. The van der Waals surface area contributed by atoms with E-state index in [1.165, 1.54) is 22.7 Å². The summed E-state index contributed by atoms with van der Waals surface area (Å²) < 4.78 is 26.3. The van der Waals surface area contributed by atoms with Crippen molar-refractivity contribution in [3.05, 3.63) is 64.7 Å². The number of anilines is 1. The highest BCUT2D eigenvalue weighted by molar-refractivity contribution is 7.92. The summed E-state index contributed by atoms with van der Waals surface area (Å²) in [5.74, 6) is -0.319. The summed E-state index contributed by atoms with van der Waals surface area (Å²) in [5, 5.41) is 2.95. The van der Waals surface area contributed by atoms with E-state index in [1.54, 1.807) is 19.1 Å². The van der Waals surface area contributed by atoms with Crippen LogP contribution < -0.4 is 9.62 Å². The Kier molecular flexibility index (Phi) is 7.38. The van der Waals surface area contributed by atoms with Gasteiger partial charge in [-0.15, -0.1) is 0 Å². The highest BCUT2D eigenvalue weighted by Gasteiger charge is 2.29. The molecule has 1 heterocycles. The van der Waals surface area contributed by atoms with Crippen molar-refractivity contribution in [2.45, 2.75) is 52.7 Å². The zero-order valence-electron chi connectivity index (χ0n) is 18.9. The van der Waals surface area contributed by atoms with E-state index < -0.39 is 16.1 Å². The molecule has 1 aliphatic rings. The third-order valence-corrected chi connectivity index (χ3v) is 6.96. The Hall–Kier alpha value is -2.38. The molecule has 0 unspecified atom stereocenters. The Bertz CT molecular complexity index is 1010. The number of aryl methyl sites for hydroxylation is 2. The minimum absolute atomic E-state index is 0.319. The van der Waals surface area contributed by atoms with Crippen molar-refractivity contribution in [3.8, 4) is 0 Å². The summed E-state index contributed by atoms with van der Waals surface area (Å²) in [4.78, 5) is 15.4. The molecule has 1 atom stereocenters. The van der Waals surface area contributed by atoms with Gasteiger partial charge in [-0.1, -0.05) is 30.3 Å². The van der Waals surface area contributed by atoms with Crippen LogP contribution in [-0.4, -0.2) is 44.6 Å². The van der Waals surface area contributed by atoms with Crippen LogP contribution in [-0.2, 0) is 27.9 Å². The number of sulfonamides is 1. The number of benzene rings is 2. The lowest BCUT2D eigenvalue weighted by atomic mass is 10.1. The maximum atomic E-state index is 13.0. The quantitative estimate of drug-likeness (QED) is 0.679. The monoisotopic (exact) mass is 443 g/mol. The van der Waals surface area contributed by atoms with Crippen LogP contribution in [0.4, 0.5) is 5.69 Å². The molecule has 0 radical (unpaired) electrons. The van der Waals surface area contributed by atoms with Gasteiger partial charge in [-0.2, -0.15) is 0 Å². The van der Waals surface area contributed by atoms with Gasteiger partial charge in [-0.3, -0.25) is 14.0 Å². The number of hydrogen-bond donors (Lipinski definition) is 1. The van der Waals surface area contributed by atoms with E-state index in [4.69, 9.17) is 0 Å². The van der Waals surface area contributed by atoms with Gasteiger partial charge >= 0.3 is 0 Å². The number of carbonyl (C=O) groups is 1. The van der Waals surface area contributed by atoms with E-state index in [-0.39, 0.29) is 5.91 Å². The van der Waals surface area contributed by atoms with Crippen LogP contribution >= 0.6 is 0 Å². The number of carbonyl (C=O) groups excluding carboxylic acids is 1. The molecule has 1 aliphatic heterocycles. The lowest BCUT2D eigenvalue weighted by molar-refractivity contribution is -0.122. The molecule has 0 aliphatic carbocycles. The van der Waals surface area contributed by atoms with Gasteiger partial charge in [-0.25, -0.2) is 8.42 Å². The molecule has 7 heteroatoms. The van der Waals surface area contributed by atoms with E-state index in [0.717, 1.165) is 42.6 Å². The van der Waals surface area contributed by atoms with Crippen molar-refractivity contribution in [1.82, 2.24) is 10.2 Å². The number of nitrogens with zero attached hydrogens (tertiary/aromatic N) is 2. The van der Waals surface area contributed by atoms with Crippen molar-refractivity contribution in [2.75, 3.05) is 23.7 Å². The SMILES string of the molecule is Cc1cc(C)cc(N([C@H](C)C(=O)NCc2ccccc2CN2CCCC2)S(C)(=O)=O)c1. The van der Waals surface area contributed by atoms with E-state index in [2.05, 4.69) is 16.3 Å². The summed E-state index contributed by atoms with van der Waals surface area (Å²) >= 11 is 0. The predicted octanol–water partition coefficient (Wildman–Crippen LogP) is 3.37. The molecule has 6 nitrogen and oxygen atoms in total. The van der Waals surface area contributed by atoms with Gasteiger partial charge in [0.25, 0.3) is 0 Å². The van der Waals surface area contributed by atoms with Gasteiger partial charge in [0.15, 0.2) is 0 Å². The Labute approximate surface area is 186 Å². The summed E-state index contributed by atoms with van der Waals surface area (Å²) in [6.07, 6.45) is 3.60. The molecule has 1 amide bonds. The topological polar surface area (TPSA) is 69.7 Å². The third-order valence-electron chi connectivity index (χ3n) is 5.71. The number of rotatable bonds is 8. The maximum Gasteiger partial charge on any atom is 0.243 e. The van der Waals surface area contributed by atoms with Gasteiger partial charge in [-0.05, 0) is 81.1 Å². The molecule has 1 fully saturated rings. The van der Waals surface area contributed by atoms with Crippen LogP contribution in [0.3, 0.4) is 0 Å². The number of likely N-dealkylation sites (tertiary alicyclic amines) is 1. The smallest absolute Gasteiger partial charge is 0.243 e. The second-order valence-corrected chi connectivity index (χ2v) is 10.4. The van der Waals surface area contributed by atoms with Crippen molar-refractivity contribution in [3.63, 3.8) is 0 Å². The average Bonchev–Trinajstić information content (AvgIpc) is 3.18. The first-order chi connectivity index (χ1) is 14.6. The molecule has 0 spiro atoms. The summed E-state index contributed by atoms with van der Waals surface area (Å²) in [6.45, 7) is 8.92. The first-order valence-corrected chi connectivity index (χ1v) is 12.6. The predicted molar refractivity (Wildman–Crippen MR) is 126 cm³/mol. The van der Waals surface area contributed by atoms with Gasteiger partial charge in [0, 0.05) is 13.1 Å². The van der Waals surface area contributed by atoms with Crippen molar-refractivity contribution >= 4 is 21.6 Å². The van der Waals surface area contributed by atoms with Gasteiger partial charge in [0.1, 0.15) is 6.04 Å². The summed E-state index contributed by atoms with van der Waals surface area (Å²) in [5.41, 5.74) is 4.68. The maximum absolute atomic E-state index is 13.0. The molecule has 1 saturated heterocycles. The van der Waals surface area contributed by atoms with Crippen LogP contribution in [0.1, 0.15) is 42.0 Å². The fourth-order valence-corrected chi connectivity index (χ4v) is 5.44. The van der Waals surface area contributed by atoms with Crippen LogP contribution in [0.15, 0.2) is 42.5 Å². The number of amides is 1. The Balaban J connectivity index is 1.74. The molecular formula is C24H33N3O3S. The van der Waals surface area contributed by atoms with Crippen molar-refractivity contribution < 1.29 is 13.2 Å². The molecule has 0 bridgehead atoms. The molecule has 0 aromatic heterocycles. The second kappa shape index (κ2) is 9.83. The van der Waals surface area contributed by atoms with Crippen LogP contribution in [0.25, 0.3) is 0 Å². The summed E-state index contributed by atoms with van der Waals surface area (Å²) in [7, 11) is -3.64. The number of hydrogen-bond acceptors (Lipinski definition) is 4. The highest BCUT2D eigenvalue weighted by atomic mass is 32.2. The fourth-order valence-electron chi connectivity index (χ4n) is 4.28. The third kappa shape index (κ3) is 6.08. The van der Waals surface area contributed by atoms with Crippen LogP contribution in [0.2, 0.25) is 0 Å². The van der Waals surface area contributed by atoms with E-state index >= 15 is 0 Å². The molecule has 0 saturated carbocycles. The lowest BCUT2D eigenvalue weighted by Crippen LogP contribution is -2.47.